The van der Waals surface area contributed by atoms with Crippen LogP contribution in [0, 0.1) is 6.92 Å². The molecule has 0 amide bonds. The number of nitrogens with zero attached hydrogens (tertiary/aromatic N) is 1. The van der Waals surface area contributed by atoms with E-state index < -0.39 is 0 Å². The lowest BCUT2D eigenvalue weighted by Gasteiger charge is -2.14. The first-order chi connectivity index (χ1) is 10.1. The van der Waals surface area contributed by atoms with Crippen molar-refractivity contribution in [3.8, 4) is 0 Å². The molecule has 4 heteroatoms. The average molecular weight is 293 g/mol. The average Bonchev–Trinajstić information content (AvgIpc) is 2.47. The Labute approximate surface area is 128 Å². The van der Waals surface area contributed by atoms with Crippen LogP contribution in [0.15, 0.2) is 54.7 Å². The fourth-order valence-corrected chi connectivity index (χ4v) is 2.51. The minimum Gasteiger partial charge on any atom is -0.389 e. The van der Waals surface area contributed by atoms with Crippen LogP contribution in [0.25, 0.3) is 10.9 Å². The number of rotatable bonds is 3. The number of fused-ring (bicyclic) bond motifs is 1. The standard InChI is InChI=1S/C17H15N3S/c1-11-7-8-13(17(18)21)16(10-11)20-15-6-2-5-14-12(15)4-3-9-19-14/h2-10,20H,1H3,(H2,18,21). The Hall–Kier alpha value is -2.46. The summed E-state index contributed by atoms with van der Waals surface area (Å²) in [6.45, 7) is 2.04. The fraction of sp³-hybridized carbons (Fsp3) is 0.0588. The van der Waals surface area contributed by atoms with Crippen molar-refractivity contribution in [1.29, 1.82) is 0 Å². The maximum atomic E-state index is 5.81. The summed E-state index contributed by atoms with van der Waals surface area (Å²) in [5, 5.41) is 4.50. The molecular formula is C17H15N3S. The summed E-state index contributed by atoms with van der Waals surface area (Å²) in [5.74, 6) is 0. The third kappa shape index (κ3) is 2.71. The van der Waals surface area contributed by atoms with Gasteiger partial charge in [-0.3, -0.25) is 4.98 Å². The highest BCUT2D eigenvalue weighted by Crippen LogP contribution is 2.27. The van der Waals surface area contributed by atoms with E-state index in [4.69, 9.17) is 18.0 Å². The van der Waals surface area contributed by atoms with Gasteiger partial charge in [0, 0.05) is 28.5 Å². The molecule has 0 aliphatic rings. The lowest BCUT2D eigenvalue weighted by Crippen LogP contribution is -2.12. The van der Waals surface area contributed by atoms with Gasteiger partial charge in [0.25, 0.3) is 0 Å². The number of hydrogen-bond acceptors (Lipinski definition) is 3. The number of aryl methyl sites for hydroxylation is 1. The third-order valence-corrected chi connectivity index (χ3v) is 3.58. The molecule has 0 saturated carbocycles. The van der Waals surface area contributed by atoms with Gasteiger partial charge in [0.2, 0.25) is 0 Å². The number of hydrogen-bond donors (Lipinski definition) is 2. The SMILES string of the molecule is Cc1ccc(C(N)=S)c(Nc2cccc3ncccc23)c1. The highest BCUT2D eigenvalue weighted by Gasteiger charge is 2.08. The second-order valence-electron chi connectivity index (χ2n) is 4.91. The van der Waals surface area contributed by atoms with E-state index in [2.05, 4.69) is 10.3 Å². The van der Waals surface area contributed by atoms with Crippen molar-refractivity contribution in [3.63, 3.8) is 0 Å². The van der Waals surface area contributed by atoms with Gasteiger partial charge in [-0.15, -0.1) is 0 Å². The molecular weight excluding hydrogens is 278 g/mol. The van der Waals surface area contributed by atoms with Crippen LogP contribution in [0.4, 0.5) is 11.4 Å². The van der Waals surface area contributed by atoms with Gasteiger partial charge in [0.05, 0.1) is 5.52 Å². The largest absolute Gasteiger partial charge is 0.389 e. The smallest absolute Gasteiger partial charge is 0.106 e. The second kappa shape index (κ2) is 5.50. The molecule has 0 radical (unpaired) electrons. The zero-order chi connectivity index (χ0) is 14.8. The lowest BCUT2D eigenvalue weighted by atomic mass is 10.1. The minimum atomic E-state index is 0.385. The van der Waals surface area contributed by atoms with Crippen LogP contribution in [0.5, 0.6) is 0 Å². The molecule has 21 heavy (non-hydrogen) atoms. The Bertz CT molecular complexity index is 822. The predicted octanol–water partition coefficient (Wildman–Crippen LogP) is 3.92. The molecule has 104 valence electrons. The maximum absolute atomic E-state index is 5.81. The fourth-order valence-electron chi connectivity index (χ4n) is 2.33. The summed E-state index contributed by atoms with van der Waals surface area (Å²) in [6.07, 6.45) is 1.79. The Kier molecular flexibility index (Phi) is 3.54. The summed E-state index contributed by atoms with van der Waals surface area (Å²) < 4.78 is 0. The molecule has 3 rings (SSSR count). The number of thiocarbonyl (C=S) groups is 1. The van der Waals surface area contributed by atoms with Crippen LogP contribution in [0.1, 0.15) is 11.1 Å². The van der Waals surface area contributed by atoms with Crippen molar-refractivity contribution in [3.05, 3.63) is 65.9 Å². The van der Waals surface area contributed by atoms with Crippen LogP contribution in [-0.2, 0) is 0 Å². The van der Waals surface area contributed by atoms with Crippen LogP contribution >= 0.6 is 12.2 Å². The predicted molar refractivity (Wildman–Crippen MR) is 92.1 cm³/mol. The topological polar surface area (TPSA) is 50.9 Å². The van der Waals surface area contributed by atoms with Gasteiger partial charge in [-0.2, -0.15) is 0 Å². The number of nitrogens with two attached hydrogens (primary N) is 1. The first-order valence-corrected chi connectivity index (χ1v) is 7.07. The van der Waals surface area contributed by atoms with E-state index in [-0.39, 0.29) is 0 Å². The molecule has 3 aromatic rings. The molecule has 0 atom stereocenters. The molecule has 0 aliphatic carbocycles. The lowest BCUT2D eigenvalue weighted by molar-refractivity contribution is 1.40. The summed E-state index contributed by atoms with van der Waals surface area (Å²) in [4.78, 5) is 4.75. The Balaban J connectivity index is 2.11. The van der Waals surface area contributed by atoms with Crippen molar-refractivity contribution in [1.82, 2.24) is 4.98 Å². The molecule has 1 aromatic heterocycles. The highest BCUT2D eigenvalue weighted by atomic mass is 32.1. The van der Waals surface area contributed by atoms with Crippen molar-refractivity contribution in [2.45, 2.75) is 6.92 Å². The number of benzene rings is 2. The van der Waals surface area contributed by atoms with Gasteiger partial charge in [-0.25, -0.2) is 0 Å². The van der Waals surface area contributed by atoms with Crippen molar-refractivity contribution < 1.29 is 0 Å². The van der Waals surface area contributed by atoms with E-state index >= 15 is 0 Å². The second-order valence-corrected chi connectivity index (χ2v) is 5.35. The normalized spacial score (nSPS) is 10.5. The van der Waals surface area contributed by atoms with Gasteiger partial charge in [0.1, 0.15) is 4.99 Å². The zero-order valence-electron chi connectivity index (χ0n) is 11.6. The zero-order valence-corrected chi connectivity index (χ0v) is 12.4. The highest BCUT2D eigenvalue weighted by molar-refractivity contribution is 7.80. The molecule has 0 saturated heterocycles. The van der Waals surface area contributed by atoms with E-state index in [1.807, 2.05) is 55.5 Å². The summed E-state index contributed by atoms with van der Waals surface area (Å²) in [6, 6.07) is 16.0. The van der Waals surface area contributed by atoms with Gasteiger partial charge >= 0.3 is 0 Å². The molecule has 0 bridgehead atoms. The molecule has 2 aromatic carbocycles. The van der Waals surface area contributed by atoms with Gasteiger partial charge in [0.15, 0.2) is 0 Å². The summed E-state index contributed by atoms with van der Waals surface area (Å²) >= 11 is 5.13. The van der Waals surface area contributed by atoms with Gasteiger partial charge in [-0.05, 0) is 48.9 Å². The van der Waals surface area contributed by atoms with E-state index in [0.717, 1.165) is 33.4 Å². The van der Waals surface area contributed by atoms with Crippen molar-refractivity contribution in [2.75, 3.05) is 5.32 Å². The molecule has 0 fully saturated rings. The molecule has 1 heterocycles. The first kappa shape index (κ1) is 13.5. The number of pyridine rings is 1. The van der Waals surface area contributed by atoms with Crippen LogP contribution < -0.4 is 11.1 Å². The first-order valence-electron chi connectivity index (χ1n) is 6.66. The Morgan fingerprint density at radius 3 is 2.76 bits per heavy atom. The van der Waals surface area contributed by atoms with E-state index in [0.29, 0.717) is 4.99 Å². The van der Waals surface area contributed by atoms with Crippen molar-refractivity contribution in [2.24, 2.45) is 5.73 Å². The van der Waals surface area contributed by atoms with Gasteiger partial charge in [-0.1, -0.05) is 24.4 Å². The number of nitrogens with one attached hydrogen (secondary N) is 1. The van der Waals surface area contributed by atoms with Crippen molar-refractivity contribution >= 4 is 39.5 Å². The summed E-state index contributed by atoms with van der Waals surface area (Å²) in [7, 11) is 0. The van der Waals surface area contributed by atoms with Crippen LogP contribution in [0.2, 0.25) is 0 Å². The molecule has 0 aliphatic heterocycles. The van der Waals surface area contributed by atoms with E-state index in [1.54, 1.807) is 6.20 Å². The quantitative estimate of drug-likeness (QED) is 0.719. The molecule has 0 unspecified atom stereocenters. The molecule has 3 N–H and O–H groups in total. The summed E-state index contributed by atoms with van der Waals surface area (Å²) in [5.41, 5.74) is 10.7. The monoisotopic (exact) mass is 293 g/mol. The number of anilines is 2. The minimum absolute atomic E-state index is 0.385. The van der Waals surface area contributed by atoms with E-state index in [9.17, 15) is 0 Å². The molecule has 0 spiro atoms. The number of aromatic nitrogens is 1. The maximum Gasteiger partial charge on any atom is 0.106 e. The van der Waals surface area contributed by atoms with Crippen LogP contribution in [0.3, 0.4) is 0 Å². The Morgan fingerprint density at radius 1 is 1.10 bits per heavy atom. The van der Waals surface area contributed by atoms with E-state index in [1.165, 1.54) is 0 Å². The van der Waals surface area contributed by atoms with Crippen LogP contribution in [-0.4, -0.2) is 9.97 Å². The molecule has 3 nitrogen and oxygen atoms in total. The Morgan fingerprint density at radius 2 is 1.95 bits per heavy atom. The van der Waals surface area contributed by atoms with Gasteiger partial charge < -0.3 is 11.1 Å². The third-order valence-electron chi connectivity index (χ3n) is 3.36.